The first-order valence-corrected chi connectivity index (χ1v) is 3.63. The number of hydrogen-bond acceptors (Lipinski definition) is 6. The molecule has 0 aliphatic carbocycles. The summed E-state index contributed by atoms with van der Waals surface area (Å²) >= 11 is 0. The van der Waals surface area contributed by atoms with E-state index in [0.717, 1.165) is 0 Å². The monoisotopic (exact) mass is 193 g/mol. The van der Waals surface area contributed by atoms with Gasteiger partial charge in [-0.05, 0) is 0 Å². The third kappa shape index (κ3) is 1.79. The fraction of sp³-hybridized carbons (Fsp3) is 0.833. The van der Waals surface area contributed by atoms with Gasteiger partial charge >= 0.3 is 5.97 Å². The minimum Gasteiger partial charge on any atom is -0.479 e. The molecular formula is C6H11NO6. The molecule has 1 saturated heterocycles. The summed E-state index contributed by atoms with van der Waals surface area (Å²) in [7, 11) is 0. The molecule has 1 aliphatic rings. The van der Waals surface area contributed by atoms with Gasteiger partial charge < -0.3 is 30.9 Å². The first-order chi connectivity index (χ1) is 5.95. The number of nitrogens with two attached hydrogens (primary N) is 1. The van der Waals surface area contributed by atoms with E-state index in [9.17, 15) is 4.79 Å². The quantitative estimate of drug-likeness (QED) is 0.296. The second-order valence-corrected chi connectivity index (χ2v) is 2.84. The van der Waals surface area contributed by atoms with Crippen molar-refractivity contribution in [2.45, 2.75) is 30.6 Å². The standard InChI is InChI=1S/C6H11NO6/c7-1-2(8)3(9)4(5(10)11)13-6(1)12/h1-4,6,8-9,12H,7H2,(H,10,11)/t1-,2+,3-,4+,6-/m0/s1. The SMILES string of the molecule is N[C@H]1[C@@H](O)[C@H](O)[C@H](C(=O)O)O[C@@H]1O. The molecule has 1 rings (SSSR count). The number of ether oxygens (including phenoxy) is 1. The van der Waals surface area contributed by atoms with Gasteiger partial charge in [0, 0.05) is 0 Å². The molecule has 5 atom stereocenters. The van der Waals surface area contributed by atoms with E-state index < -0.39 is 36.6 Å². The Bertz CT molecular complexity index is 209. The summed E-state index contributed by atoms with van der Waals surface area (Å²) in [4.78, 5) is 10.4. The molecule has 0 aromatic carbocycles. The fourth-order valence-electron chi connectivity index (χ4n) is 1.10. The zero-order chi connectivity index (χ0) is 10.2. The molecule has 6 N–H and O–H groups in total. The van der Waals surface area contributed by atoms with Crippen molar-refractivity contribution in [3.63, 3.8) is 0 Å². The third-order valence-electron chi connectivity index (χ3n) is 1.91. The van der Waals surface area contributed by atoms with E-state index in [1.54, 1.807) is 0 Å². The average Bonchev–Trinajstić information content (AvgIpc) is 2.07. The van der Waals surface area contributed by atoms with Crippen LogP contribution in [0.2, 0.25) is 0 Å². The molecule has 76 valence electrons. The van der Waals surface area contributed by atoms with Crippen molar-refractivity contribution in [3.8, 4) is 0 Å². The molecule has 0 aromatic rings. The van der Waals surface area contributed by atoms with Crippen LogP contribution in [0.4, 0.5) is 0 Å². The summed E-state index contributed by atoms with van der Waals surface area (Å²) in [5.41, 5.74) is 5.20. The lowest BCUT2D eigenvalue weighted by molar-refractivity contribution is -0.244. The van der Waals surface area contributed by atoms with Crippen LogP contribution in [-0.2, 0) is 9.53 Å². The largest absolute Gasteiger partial charge is 0.479 e. The molecule has 7 nitrogen and oxygen atoms in total. The Hall–Kier alpha value is -0.730. The van der Waals surface area contributed by atoms with E-state index in [0.29, 0.717) is 0 Å². The average molecular weight is 193 g/mol. The molecule has 0 spiro atoms. The summed E-state index contributed by atoms with van der Waals surface area (Å²) in [6.45, 7) is 0. The molecule has 7 heteroatoms. The predicted molar refractivity (Wildman–Crippen MR) is 38.5 cm³/mol. The predicted octanol–water partition coefficient (Wildman–Crippen LogP) is -3.16. The number of aliphatic carboxylic acids is 1. The van der Waals surface area contributed by atoms with E-state index >= 15 is 0 Å². The molecule has 0 aromatic heterocycles. The van der Waals surface area contributed by atoms with Crippen molar-refractivity contribution in [1.29, 1.82) is 0 Å². The van der Waals surface area contributed by atoms with Crippen LogP contribution in [0.15, 0.2) is 0 Å². The second kappa shape index (κ2) is 3.56. The Morgan fingerprint density at radius 2 is 1.77 bits per heavy atom. The molecule has 0 bridgehead atoms. The van der Waals surface area contributed by atoms with Crippen LogP contribution in [0.3, 0.4) is 0 Å². The number of carbonyl (C=O) groups is 1. The lowest BCUT2D eigenvalue weighted by Crippen LogP contribution is -2.62. The van der Waals surface area contributed by atoms with Crippen LogP contribution in [-0.4, -0.2) is 57.0 Å². The lowest BCUT2D eigenvalue weighted by atomic mass is 9.98. The zero-order valence-corrected chi connectivity index (χ0v) is 6.57. The molecule has 1 heterocycles. The van der Waals surface area contributed by atoms with Gasteiger partial charge in [-0.3, -0.25) is 0 Å². The van der Waals surface area contributed by atoms with E-state index in [2.05, 4.69) is 4.74 Å². The molecule has 0 amide bonds. The molecule has 0 unspecified atom stereocenters. The second-order valence-electron chi connectivity index (χ2n) is 2.84. The summed E-state index contributed by atoms with van der Waals surface area (Å²) in [6, 6.07) is -1.20. The maximum Gasteiger partial charge on any atom is 0.335 e. The first-order valence-electron chi connectivity index (χ1n) is 3.63. The topological polar surface area (TPSA) is 133 Å². The van der Waals surface area contributed by atoms with Gasteiger partial charge in [0.15, 0.2) is 12.4 Å². The van der Waals surface area contributed by atoms with Gasteiger partial charge in [0.25, 0.3) is 0 Å². The molecule has 1 fully saturated rings. The highest BCUT2D eigenvalue weighted by Gasteiger charge is 2.45. The third-order valence-corrected chi connectivity index (χ3v) is 1.91. The minimum atomic E-state index is -1.65. The van der Waals surface area contributed by atoms with Gasteiger partial charge in [-0.2, -0.15) is 0 Å². The lowest BCUT2D eigenvalue weighted by Gasteiger charge is -2.36. The highest BCUT2D eigenvalue weighted by molar-refractivity contribution is 5.73. The van der Waals surface area contributed by atoms with E-state index in [4.69, 9.17) is 26.2 Å². The smallest absolute Gasteiger partial charge is 0.335 e. The number of carboxylic acid groups (broad SMARTS) is 1. The Kier molecular flexibility index (Phi) is 2.84. The van der Waals surface area contributed by atoms with Crippen LogP contribution in [0.1, 0.15) is 0 Å². The van der Waals surface area contributed by atoms with Crippen molar-refractivity contribution >= 4 is 5.97 Å². The van der Waals surface area contributed by atoms with Gasteiger partial charge in [0.2, 0.25) is 0 Å². The highest BCUT2D eigenvalue weighted by Crippen LogP contribution is 2.18. The van der Waals surface area contributed by atoms with Crippen LogP contribution in [0.5, 0.6) is 0 Å². The van der Waals surface area contributed by atoms with Crippen LogP contribution < -0.4 is 5.73 Å². The maximum absolute atomic E-state index is 10.4. The number of rotatable bonds is 1. The zero-order valence-electron chi connectivity index (χ0n) is 6.57. The number of carboxylic acids is 1. The van der Waals surface area contributed by atoms with Gasteiger partial charge in [-0.15, -0.1) is 0 Å². The molecular weight excluding hydrogens is 182 g/mol. The Morgan fingerprint density at radius 1 is 1.23 bits per heavy atom. The molecule has 0 saturated carbocycles. The summed E-state index contributed by atoms with van der Waals surface area (Å²) in [6.07, 6.45) is -6.37. The highest BCUT2D eigenvalue weighted by atomic mass is 16.6. The number of aliphatic hydroxyl groups is 3. The van der Waals surface area contributed by atoms with E-state index in [1.807, 2.05) is 0 Å². The van der Waals surface area contributed by atoms with Crippen LogP contribution in [0, 0.1) is 0 Å². The normalized spacial score (nSPS) is 46.0. The molecule has 1 aliphatic heterocycles. The van der Waals surface area contributed by atoms with E-state index in [-0.39, 0.29) is 0 Å². The van der Waals surface area contributed by atoms with Crippen LogP contribution >= 0.6 is 0 Å². The van der Waals surface area contributed by atoms with E-state index in [1.165, 1.54) is 0 Å². The van der Waals surface area contributed by atoms with Crippen LogP contribution in [0.25, 0.3) is 0 Å². The fourth-order valence-corrected chi connectivity index (χ4v) is 1.10. The Labute approximate surface area is 73.4 Å². The Morgan fingerprint density at radius 3 is 2.23 bits per heavy atom. The molecule has 13 heavy (non-hydrogen) atoms. The van der Waals surface area contributed by atoms with Crippen molar-refractivity contribution in [2.24, 2.45) is 5.73 Å². The van der Waals surface area contributed by atoms with Crippen molar-refractivity contribution in [2.75, 3.05) is 0 Å². The van der Waals surface area contributed by atoms with Gasteiger partial charge in [0.1, 0.15) is 12.2 Å². The first kappa shape index (κ1) is 10.4. The van der Waals surface area contributed by atoms with Gasteiger partial charge in [0.05, 0.1) is 6.04 Å². The minimum absolute atomic E-state index is 1.20. The van der Waals surface area contributed by atoms with Crippen molar-refractivity contribution in [3.05, 3.63) is 0 Å². The summed E-state index contributed by atoms with van der Waals surface area (Å²) in [5.74, 6) is -1.46. The summed E-state index contributed by atoms with van der Waals surface area (Å²) in [5, 5.41) is 35.8. The van der Waals surface area contributed by atoms with Crippen molar-refractivity contribution < 1.29 is 30.0 Å². The maximum atomic E-state index is 10.4. The number of aliphatic hydroxyl groups excluding tert-OH is 3. The molecule has 0 radical (unpaired) electrons. The van der Waals surface area contributed by atoms with Gasteiger partial charge in [-0.25, -0.2) is 4.79 Å². The Balaban J connectivity index is 2.76. The van der Waals surface area contributed by atoms with Crippen molar-refractivity contribution in [1.82, 2.24) is 0 Å². The number of hydrogen-bond donors (Lipinski definition) is 5. The van der Waals surface area contributed by atoms with Gasteiger partial charge in [-0.1, -0.05) is 0 Å². The summed E-state index contributed by atoms with van der Waals surface area (Å²) < 4.78 is 4.46.